The van der Waals surface area contributed by atoms with Gasteiger partial charge in [0.25, 0.3) is 0 Å². The van der Waals surface area contributed by atoms with Gasteiger partial charge in [-0.05, 0) is 47.7 Å². The summed E-state index contributed by atoms with van der Waals surface area (Å²) in [6.45, 7) is 8.92. The molecule has 3 heteroatoms. The molecule has 24 heavy (non-hydrogen) atoms. The Labute approximate surface area is 154 Å². The third-order valence-electron chi connectivity index (χ3n) is 4.84. The fourth-order valence-electron chi connectivity index (χ4n) is 3.45. The van der Waals surface area contributed by atoms with Crippen molar-refractivity contribution in [2.45, 2.75) is 32.2 Å². The van der Waals surface area contributed by atoms with Gasteiger partial charge >= 0.3 is 0 Å². The van der Waals surface area contributed by atoms with Crippen LogP contribution < -0.4 is 5.32 Å². The highest BCUT2D eigenvalue weighted by Gasteiger charge is 2.23. The lowest BCUT2D eigenvalue weighted by Gasteiger charge is -2.31. The van der Waals surface area contributed by atoms with E-state index in [1.807, 2.05) is 0 Å². The molecule has 0 aliphatic carbocycles. The molecule has 1 aliphatic rings. The third-order valence-corrected chi connectivity index (χ3v) is 5.37. The largest absolute Gasteiger partial charge is 0.315 e. The zero-order valence-corrected chi connectivity index (χ0v) is 16.2. The number of hydrogen-bond donors (Lipinski definition) is 1. The molecule has 2 aromatic rings. The van der Waals surface area contributed by atoms with Gasteiger partial charge in [-0.15, -0.1) is 0 Å². The summed E-state index contributed by atoms with van der Waals surface area (Å²) in [7, 11) is 0. The van der Waals surface area contributed by atoms with E-state index in [2.05, 4.69) is 88.5 Å². The summed E-state index contributed by atoms with van der Waals surface area (Å²) in [4.78, 5) is 2.62. The first-order chi connectivity index (χ1) is 11.6. The minimum absolute atomic E-state index is 0.333. The van der Waals surface area contributed by atoms with Crippen LogP contribution in [0.5, 0.6) is 0 Å². The van der Waals surface area contributed by atoms with Crippen LogP contribution in [0.1, 0.15) is 48.9 Å². The normalized spacial score (nSPS) is 17.7. The quantitative estimate of drug-likeness (QED) is 0.798. The number of rotatable bonds is 4. The summed E-state index contributed by atoms with van der Waals surface area (Å²) < 4.78 is 1.14. The second-order valence-electron chi connectivity index (χ2n) is 6.91. The van der Waals surface area contributed by atoms with Gasteiger partial charge in [-0.1, -0.05) is 66.2 Å². The van der Waals surface area contributed by atoms with Gasteiger partial charge in [0.2, 0.25) is 0 Å². The van der Waals surface area contributed by atoms with E-state index in [1.165, 1.54) is 23.1 Å². The Kier molecular flexibility index (Phi) is 6.09. The van der Waals surface area contributed by atoms with E-state index in [4.69, 9.17) is 0 Å². The Hall–Kier alpha value is -1.16. The van der Waals surface area contributed by atoms with Gasteiger partial charge in [-0.3, -0.25) is 4.90 Å². The Balaban J connectivity index is 1.95. The van der Waals surface area contributed by atoms with Gasteiger partial charge in [-0.2, -0.15) is 0 Å². The van der Waals surface area contributed by atoms with Gasteiger partial charge < -0.3 is 5.32 Å². The minimum Gasteiger partial charge on any atom is -0.315 e. The lowest BCUT2D eigenvalue weighted by molar-refractivity contribution is 0.241. The molecule has 0 aromatic heterocycles. The van der Waals surface area contributed by atoms with E-state index in [1.54, 1.807) is 0 Å². The maximum atomic E-state index is 3.56. The molecule has 1 fully saturated rings. The number of benzene rings is 2. The maximum Gasteiger partial charge on any atom is 0.0602 e. The molecule has 2 aromatic carbocycles. The van der Waals surface area contributed by atoms with E-state index >= 15 is 0 Å². The Bertz CT molecular complexity index is 626. The molecule has 1 aliphatic heterocycles. The summed E-state index contributed by atoms with van der Waals surface area (Å²) in [5.41, 5.74) is 4.17. The minimum atomic E-state index is 0.333. The van der Waals surface area contributed by atoms with Crippen LogP contribution in [0.25, 0.3) is 0 Å². The average molecular weight is 387 g/mol. The molecule has 0 radical (unpaired) electrons. The molecule has 2 nitrogen and oxygen atoms in total. The van der Waals surface area contributed by atoms with E-state index in [-0.39, 0.29) is 0 Å². The molecule has 128 valence electrons. The molecule has 0 amide bonds. The lowest BCUT2D eigenvalue weighted by Crippen LogP contribution is -2.33. The van der Waals surface area contributed by atoms with Gasteiger partial charge in [0, 0.05) is 24.1 Å². The first-order valence-electron chi connectivity index (χ1n) is 8.95. The summed E-state index contributed by atoms with van der Waals surface area (Å²) in [6, 6.07) is 18.4. The molecule has 1 unspecified atom stereocenters. The van der Waals surface area contributed by atoms with Crippen molar-refractivity contribution in [1.29, 1.82) is 0 Å². The van der Waals surface area contributed by atoms with E-state index < -0.39 is 0 Å². The SMILES string of the molecule is CC(C)c1ccc(C(c2ccc(Br)cc2)N2CCCNCC2)cc1. The summed E-state index contributed by atoms with van der Waals surface area (Å²) in [5, 5.41) is 3.52. The van der Waals surface area contributed by atoms with Crippen molar-refractivity contribution in [3.8, 4) is 0 Å². The van der Waals surface area contributed by atoms with Crippen molar-refractivity contribution < 1.29 is 0 Å². The van der Waals surface area contributed by atoms with E-state index in [0.29, 0.717) is 12.0 Å². The molecule has 0 saturated carbocycles. The van der Waals surface area contributed by atoms with Crippen LogP contribution in [0.3, 0.4) is 0 Å². The molecule has 1 heterocycles. The zero-order chi connectivity index (χ0) is 16.9. The second-order valence-corrected chi connectivity index (χ2v) is 7.83. The first kappa shape index (κ1) is 17.7. The van der Waals surface area contributed by atoms with Gasteiger partial charge in [0.1, 0.15) is 0 Å². The van der Waals surface area contributed by atoms with E-state index in [0.717, 1.165) is 30.7 Å². The Morgan fingerprint density at radius 3 is 2.04 bits per heavy atom. The van der Waals surface area contributed by atoms with Crippen molar-refractivity contribution in [1.82, 2.24) is 10.2 Å². The molecule has 0 spiro atoms. The number of nitrogens with one attached hydrogen (secondary N) is 1. The fourth-order valence-corrected chi connectivity index (χ4v) is 3.71. The molecule has 0 bridgehead atoms. The van der Waals surface area contributed by atoms with Crippen LogP contribution in [0.2, 0.25) is 0 Å². The van der Waals surface area contributed by atoms with Crippen molar-refractivity contribution in [3.63, 3.8) is 0 Å². The Morgan fingerprint density at radius 1 is 0.833 bits per heavy atom. The van der Waals surface area contributed by atoms with Crippen molar-refractivity contribution in [2.24, 2.45) is 0 Å². The van der Waals surface area contributed by atoms with Crippen LogP contribution in [0.4, 0.5) is 0 Å². The van der Waals surface area contributed by atoms with Crippen molar-refractivity contribution in [2.75, 3.05) is 26.2 Å². The molecule has 1 N–H and O–H groups in total. The highest BCUT2D eigenvalue weighted by molar-refractivity contribution is 9.10. The standard InChI is InChI=1S/C21H27BrN2/c1-16(2)17-4-6-18(7-5-17)21(19-8-10-20(22)11-9-19)24-14-3-12-23-13-15-24/h4-11,16,21,23H,3,12-15H2,1-2H3. The molecule has 3 rings (SSSR count). The third kappa shape index (κ3) is 4.27. The van der Waals surface area contributed by atoms with Gasteiger partial charge in [0.15, 0.2) is 0 Å². The number of hydrogen-bond acceptors (Lipinski definition) is 2. The molecule has 1 saturated heterocycles. The average Bonchev–Trinajstić information content (AvgIpc) is 2.87. The lowest BCUT2D eigenvalue weighted by atomic mass is 9.94. The zero-order valence-electron chi connectivity index (χ0n) is 14.6. The monoisotopic (exact) mass is 386 g/mol. The van der Waals surface area contributed by atoms with Crippen molar-refractivity contribution >= 4 is 15.9 Å². The van der Waals surface area contributed by atoms with Crippen LogP contribution in [0, 0.1) is 0 Å². The summed E-state index contributed by atoms with van der Waals surface area (Å²) in [6.07, 6.45) is 1.21. The van der Waals surface area contributed by atoms with Crippen LogP contribution in [0.15, 0.2) is 53.0 Å². The summed E-state index contributed by atoms with van der Waals surface area (Å²) in [5.74, 6) is 0.576. The Morgan fingerprint density at radius 2 is 1.42 bits per heavy atom. The van der Waals surface area contributed by atoms with Crippen LogP contribution >= 0.6 is 15.9 Å². The van der Waals surface area contributed by atoms with Crippen LogP contribution in [-0.2, 0) is 0 Å². The van der Waals surface area contributed by atoms with Crippen molar-refractivity contribution in [3.05, 3.63) is 69.7 Å². The molecular formula is C21H27BrN2. The highest BCUT2D eigenvalue weighted by Crippen LogP contribution is 2.31. The fraction of sp³-hybridized carbons (Fsp3) is 0.429. The first-order valence-corrected chi connectivity index (χ1v) is 9.74. The van der Waals surface area contributed by atoms with Gasteiger partial charge in [-0.25, -0.2) is 0 Å². The molecular weight excluding hydrogens is 360 g/mol. The van der Waals surface area contributed by atoms with E-state index in [9.17, 15) is 0 Å². The summed E-state index contributed by atoms with van der Waals surface area (Å²) >= 11 is 3.56. The predicted molar refractivity (Wildman–Crippen MR) is 106 cm³/mol. The topological polar surface area (TPSA) is 15.3 Å². The number of halogens is 1. The van der Waals surface area contributed by atoms with Gasteiger partial charge in [0.05, 0.1) is 6.04 Å². The molecule has 1 atom stereocenters. The second kappa shape index (κ2) is 8.28. The maximum absolute atomic E-state index is 3.56. The number of nitrogens with zero attached hydrogens (tertiary/aromatic N) is 1. The smallest absolute Gasteiger partial charge is 0.0602 e. The predicted octanol–water partition coefficient (Wildman–Crippen LogP) is 4.96. The highest BCUT2D eigenvalue weighted by atomic mass is 79.9. The van der Waals surface area contributed by atoms with Crippen LogP contribution in [-0.4, -0.2) is 31.1 Å².